The fourth-order valence-electron chi connectivity index (χ4n) is 3.84. The predicted octanol–water partition coefficient (Wildman–Crippen LogP) is 4.75. The van der Waals surface area contributed by atoms with Crippen LogP contribution in [0.5, 0.6) is 0 Å². The monoisotopic (exact) mass is 489 g/mol. The summed E-state index contributed by atoms with van der Waals surface area (Å²) in [4.78, 5) is 27.0. The average molecular weight is 490 g/mol. The highest BCUT2D eigenvalue weighted by atomic mass is 32.2. The third kappa shape index (κ3) is 7.05. The molecule has 1 saturated heterocycles. The number of aromatic nitrogens is 2. The van der Waals surface area contributed by atoms with Gasteiger partial charge in [0.05, 0.1) is 5.69 Å². The fourth-order valence-corrected chi connectivity index (χ4v) is 4.65. The Morgan fingerprint density at radius 1 is 0.943 bits per heavy atom. The maximum atomic E-state index is 12.5. The highest BCUT2D eigenvalue weighted by Gasteiger charge is 2.22. The van der Waals surface area contributed by atoms with Gasteiger partial charge in [-0.3, -0.25) is 4.79 Å². The summed E-state index contributed by atoms with van der Waals surface area (Å²) in [5.41, 5.74) is 3.91. The summed E-state index contributed by atoms with van der Waals surface area (Å²) in [6.45, 7) is 11.2. The molecule has 1 fully saturated rings. The van der Waals surface area contributed by atoms with Gasteiger partial charge in [0, 0.05) is 55.5 Å². The number of thioether (sulfide) groups is 1. The van der Waals surface area contributed by atoms with Crippen LogP contribution in [0.3, 0.4) is 0 Å². The van der Waals surface area contributed by atoms with Crippen molar-refractivity contribution in [3.63, 3.8) is 0 Å². The Morgan fingerprint density at radius 2 is 1.63 bits per heavy atom. The van der Waals surface area contributed by atoms with Crippen LogP contribution in [0.2, 0.25) is 0 Å². The van der Waals surface area contributed by atoms with Crippen molar-refractivity contribution in [1.82, 2.24) is 20.2 Å². The molecule has 1 aromatic heterocycles. The van der Waals surface area contributed by atoms with Crippen LogP contribution in [0.25, 0.3) is 0 Å². The van der Waals surface area contributed by atoms with Crippen LogP contribution in [0.1, 0.15) is 48.0 Å². The zero-order chi connectivity index (χ0) is 24.8. The summed E-state index contributed by atoms with van der Waals surface area (Å²) in [6, 6.07) is 19.9. The van der Waals surface area contributed by atoms with Gasteiger partial charge in [-0.25, -0.2) is 9.97 Å². The van der Waals surface area contributed by atoms with E-state index in [1.807, 2.05) is 54.6 Å². The number of nitrogens with zero attached hydrogens (tertiary/aromatic N) is 4. The van der Waals surface area contributed by atoms with Gasteiger partial charge < -0.3 is 15.1 Å². The molecule has 2 aromatic carbocycles. The number of hydrogen-bond acceptors (Lipinski definition) is 6. The Hall–Kier alpha value is -2.90. The van der Waals surface area contributed by atoms with Gasteiger partial charge in [0.1, 0.15) is 5.82 Å². The Morgan fingerprint density at radius 3 is 2.29 bits per heavy atom. The third-order valence-electron chi connectivity index (χ3n) is 6.17. The van der Waals surface area contributed by atoms with Crippen molar-refractivity contribution >= 4 is 23.5 Å². The summed E-state index contributed by atoms with van der Waals surface area (Å²) in [6.07, 6.45) is 0. The second kappa shape index (κ2) is 11.2. The minimum atomic E-state index is -0.0638. The molecule has 1 N–H and O–H groups in total. The van der Waals surface area contributed by atoms with E-state index >= 15 is 0 Å². The molecule has 1 amide bonds. The predicted molar refractivity (Wildman–Crippen MR) is 144 cm³/mol. The van der Waals surface area contributed by atoms with Gasteiger partial charge in [0.25, 0.3) is 5.91 Å². The summed E-state index contributed by atoms with van der Waals surface area (Å²) in [7, 11) is 2.16. The molecule has 4 rings (SSSR count). The summed E-state index contributed by atoms with van der Waals surface area (Å²) in [5, 5.41) is 3.78. The zero-order valence-corrected chi connectivity index (χ0v) is 21.9. The van der Waals surface area contributed by atoms with Crippen molar-refractivity contribution in [2.24, 2.45) is 0 Å². The van der Waals surface area contributed by atoms with Crippen LogP contribution in [-0.2, 0) is 17.7 Å². The quantitative estimate of drug-likeness (QED) is 0.382. The lowest BCUT2D eigenvalue weighted by atomic mass is 9.92. The van der Waals surface area contributed by atoms with E-state index < -0.39 is 0 Å². The van der Waals surface area contributed by atoms with Crippen molar-refractivity contribution in [3.05, 3.63) is 83.0 Å². The van der Waals surface area contributed by atoms with Crippen molar-refractivity contribution in [2.45, 2.75) is 43.6 Å². The smallest absolute Gasteiger partial charge is 0.251 e. The van der Waals surface area contributed by atoms with Gasteiger partial charge in [-0.1, -0.05) is 75.0 Å². The van der Waals surface area contributed by atoms with Crippen LogP contribution < -0.4 is 10.2 Å². The Labute approximate surface area is 213 Å². The first-order chi connectivity index (χ1) is 16.8. The molecule has 1 aliphatic heterocycles. The largest absolute Gasteiger partial charge is 0.354 e. The van der Waals surface area contributed by atoms with Crippen LogP contribution >= 0.6 is 11.8 Å². The molecule has 0 spiro atoms. The number of amides is 1. The SMILES string of the molecule is CN1CCN(c2cc(C(C)(C)C)nc(SCc3ccc(C(=O)NCc4ccccc4)cc3)n2)CC1. The average Bonchev–Trinajstić information content (AvgIpc) is 2.87. The first kappa shape index (κ1) is 25.2. The molecule has 1 aliphatic rings. The van der Waals surface area contributed by atoms with Crippen LogP contribution in [0.4, 0.5) is 5.82 Å². The summed E-state index contributed by atoms with van der Waals surface area (Å²) in [5.74, 6) is 1.71. The maximum absolute atomic E-state index is 12.5. The normalized spacial score (nSPS) is 14.7. The van der Waals surface area contributed by atoms with Gasteiger partial charge in [-0.15, -0.1) is 0 Å². The molecule has 184 valence electrons. The number of carbonyl (C=O) groups excluding carboxylic acids is 1. The van der Waals surface area contributed by atoms with Crippen molar-refractivity contribution in [3.8, 4) is 0 Å². The van der Waals surface area contributed by atoms with Crippen LogP contribution in [-0.4, -0.2) is 54.0 Å². The maximum Gasteiger partial charge on any atom is 0.251 e. The van der Waals surface area contributed by atoms with E-state index in [-0.39, 0.29) is 11.3 Å². The Kier molecular flexibility index (Phi) is 8.08. The third-order valence-corrected chi connectivity index (χ3v) is 7.09. The molecular formula is C28H35N5OS. The molecule has 0 bridgehead atoms. The van der Waals surface area contributed by atoms with E-state index in [1.54, 1.807) is 11.8 Å². The van der Waals surface area contributed by atoms with Gasteiger partial charge in [0.2, 0.25) is 0 Å². The molecule has 3 aromatic rings. The van der Waals surface area contributed by atoms with Gasteiger partial charge in [-0.2, -0.15) is 0 Å². The Balaban J connectivity index is 1.40. The molecule has 7 heteroatoms. The number of rotatable bonds is 7. The van der Waals surface area contributed by atoms with Crippen molar-refractivity contribution < 1.29 is 4.79 Å². The topological polar surface area (TPSA) is 61.4 Å². The molecule has 2 heterocycles. The second-order valence-electron chi connectivity index (χ2n) is 10.1. The zero-order valence-electron chi connectivity index (χ0n) is 21.1. The number of nitrogens with one attached hydrogen (secondary N) is 1. The fraction of sp³-hybridized carbons (Fsp3) is 0.393. The van der Waals surface area contributed by atoms with E-state index in [4.69, 9.17) is 9.97 Å². The molecule has 0 saturated carbocycles. The van der Waals surface area contributed by atoms with Gasteiger partial charge in [0.15, 0.2) is 5.16 Å². The number of benzene rings is 2. The number of anilines is 1. The lowest BCUT2D eigenvalue weighted by Crippen LogP contribution is -2.45. The molecule has 0 radical (unpaired) electrons. The Bertz CT molecular complexity index is 1120. The molecule has 0 aliphatic carbocycles. The second-order valence-corrected chi connectivity index (χ2v) is 11.0. The van der Waals surface area contributed by atoms with Crippen molar-refractivity contribution in [1.29, 1.82) is 0 Å². The van der Waals surface area contributed by atoms with E-state index in [0.717, 1.165) is 59.7 Å². The highest BCUT2D eigenvalue weighted by molar-refractivity contribution is 7.98. The lowest BCUT2D eigenvalue weighted by Gasteiger charge is -2.34. The van der Waals surface area contributed by atoms with Gasteiger partial charge in [-0.05, 0) is 30.3 Å². The van der Waals surface area contributed by atoms with Crippen LogP contribution in [0, 0.1) is 0 Å². The minimum absolute atomic E-state index is 0.0473. The van der Waals surface area contributed by atoms with Crippen LogP contribution in [0.15, 0.2) is 65.8 Å². The number of piperazine rings is 1. The summed E-state index contributed by atoms with van der Waals surface area (Å²) < 4.78 is 0. The van der Waals surface area contributed by atoms with Crippen molar-refractivity contribution in [2.75, 3.05) is 38.1 Å². The van der Waals surface area contributed by atoms with E-state index in [0.29, 0.717) is 12.1 Å². The standard InChI is InChI=1S/C28H35N5OS/c1-28(2,3)24-18-25(33-16-14-32(4)15-17-33)31-27(30-24)35-20-22-10-12-23(13-11-22)26(34)29-19-21-8-6-5-7-9-21/h5-13,18H,14-17,19-20H2,1-4H3,(H,29,34). The van der Waals surface area contributed by atoms with E-state index in [1.165, 1.54) is 0 Å². The number of likely N-dealkylation sites (N-methyl/N-ethyl adjacent to an activating group) is 1. The van der Waals surface area contributed by atoms with E-state index in [9.17, 15) is 4.79 Å². The molecule has 0 atom stereocenters. The van der Waals surface area contributed by atoms with E-state index in [2.05, 4.69) is 49.0 Å². The van der Waals surface area contributed by atoms with Gasteiger partial charge >= 0.3 is 0 Å². The first-order valence-electron chi connectivity index (χ1n) is 12.1. The summed E-state index contributed by atoms with van der Waals surface area (Å²) >= 11 is 1.64. The minimum Gasteiger partial charge on any atom is -0.354 e. The molecule has 35 heavy (non-hydrogen) atoms. The molecular weight excluding hydrogens is 454 g/mol. The molecule has 6 nitrogen and oxygen atoms in total. The number of hydrogen-bond donors (Lipinski definition) is 1. The highest BCUT2D eigenvalue weighted by Crippen LogP contribution is 2.29. The molecule has 0 unspecified atom stereocenters. The number of carbonyl (C=O) groups is 1. The first-order valence-corrected chi connectivity index (χ1v) is 13.1. The lowest BCUT2D eigenvalue weighted by molar-refractivity contribution is 0.0951.